The highest BCUT2D eigenvalue weighted by molar-refractivity contribution is 5.91. The van der Waals surface area contributed by atoms with Crippen molar-refractivity contribution in [3.8, 4) is 0 Å². The lowest BCUT2D eigenvalue weighted by Gasteiger charge is -2.10. The van der Waals surface area contributed by atoms with E-state index in [0.717, 1.165) is 37.7 Å². The van der Waals surface area contributed by atoms with E-state index in [1.54, 1.807) is 13.2 Å². The second-order valence-electron chi connectivity index (χ2n) is 8.10. The van der Waals surface area contributed by atoms with Crippen LogP contribution in [0.3, 0.4) is 0 Å². The van der Waals surface area contributed by atoms with Crippen LogP contribution in [0.5, 0.6) is 0 Å². The van der Waals surface area contributed by atoms with Crippen LogP contribution in [0.1, 0.15) is 65.4 Å². The number of hydrogen-bond donors (Lipinski definition) is 1. The zero-order chi connectivity index (χ0) is 21.2. The number of carbonyl (C=O) groups excluding carboxylic acids is 1. The van der Waals surface area contributed by atoms with Crippen LogP contribution in [0.25, 0.3) is 0 Å². The lowest BCUT2D eigenvalue weighted by Crippen LogP contribution is -2.11. The van der Waals surface area contributed by atoms with E-state index in [0.29, 0.717) is 17.9 Å². The molecule has 0 radical (unpaired) electrons. The summed E-state index contributed by atoms with van der Waals surface area (Å²) in [5, 5.41) is 9.91. The summed E-state index contributed by atoms with van der Waals surface area (Å²) < 4.78 is 10.3. The lowest BCUT2D eigenvalue weighted by atomic mass is 10.0. The summed E-state index contributed by atoms with van der Waals surface area (Å²) in [5.41, 5.74) is 4.11. The molecule has 2 rings (SSSR count). The van der Waals surface area contributed by atoms with Crippen LogP contribution in [-0.2, 0) is 16.0 Å². The van der Waals surface area contributed by atoms with Crippen LogP contribution in [-0.4, -0.2) is 17.2 Å². The minimum Gasteiger partial charge on any atom is -0.508 e. The van der Waals surface area contributed by atoms with Gasteiger partial charge in [-0.1, -0.05) is 42.4 Å². The summed E-state index contributed by atoms with van der Waals surface area (Å²) in [7, 11) is 0. The Morgan fingerprint density at radius 1 is 1.31 bits per heavy atom. The van der Waals surface area contributed by atoms with Gasteiger partial charge in [-0.15, -0.1) is 0 Å². The zero-order valence-electron chi connectivity index (χ0n) is 18.1. The Morgan fingerprint density at radius 2 is 2.10 bits per heavy atom. The highest BCUT2D eigenvalue weighted by Crippen LogP contribution is 2.25. The SMILES string of the molecule is CC(=CCCC(C)C=CC=C(C)CC1OC(=O)C(C)=C1O)CCCc1ccoc1. The van der Waals surface area contributed by atoms with Gasteiger partial charge in [0.25, 0.3) is 0 Å². The quantitative estimate of drug-likeness (QED) is 0.259. The molecule has 0 aromatic carbocycles. The molecule has 0 saturated carbocycles. The van der Waals surface area contributed by atoms with Gasteiger partial charge in [-0.05, 0) is 70.4 Å². The Hall–Kier alpha value is -2.49. The van der Waals surface area contributed by atoms with Crippen molar-refractivity contribution in [1.29, 1.82) is 0 Å². The summed E-state index contributed by atoms with van der Waals surface area (Å²) in [6.07, 6.45) is 17.7. The van der Waals surface area contributed by atoms with Crippen molar-refractivity contribution in [2.45, 2.75) is 72.3 Å². The Morgan fingerprint density at radius 3 is 2.76 bits per heavy atom. The number of rotatable bonds is 11. The number of furan rings is 1. The highest BCUT2D eigenvalue weighted by atomic mass is 16.6. The fourth-order valence-corrected chi connectivity index (χ4v) is 3.32. The van der Waals surface area contributed by atoms with Crippen LogP contribution < -0.4 is 0 Å². The van der Waals surface area contributed by atoms with Crippen molar-refractivity contribution < 1.29 is 19.1 Å². The number of esters is 1. The fraction of sp³-hybridized carbons (Fsp3) is 0.480. The molecule has 0 amide bonds. The molecule has 158 valence electrons. The monoisotopic (exact) mass is 398 g/mol. The molecule has 0 spiro atoms. The number of aliphatic hydroxyl groups is 1. The fourth-order valence-electron chi connectivity index (χ4n) is 3.32. The number of cyclic esters (lactones) is 1. The standard InChI is InChI=1S/C25H34O4/c1-18(8-5-9-19(2)11-7-13-22-14-15-28-17-22)10-6-12-20(3)16-23-24(26)21(4)25(27)29-23/h6,9-10,12,14-15,17-18,23,26H,5,7-8,11,13,16H2,1-4H3. The molecule has 29 heavy (non-hydrogen) atoms. The van der Waals surface area contributed by atoms with E-state index in [9.17, 15) is 9.90 Å². The van der Waals surface area contributed by atoms with Crippen LogP contribution in [0, 0.1) is 5.92 Å². The van der Waals surface area contributed by atoms with Gasteiger partial charge in [0.1, 0.15) is 5.76 Å². The molecule has 2 heterocycles. The van der Waals surface area contributed by atoms with Crippen LogP contribution >= 0.6 is 0 Å². The van der Waals surface area contributed by atoms with E-state index in [-0.39, 0.29) is 5.76 Å². The number of ether oxygens (including phenoxy) is 1. The van der Waals surface area contributed by atoms with Crippen molar-refractivity contribution in [1.82, 2.24) is 0 Å². The molecule has 0 bridgehead atoms. The van der Waals surface area contributed by atoms with Crippen LogP contribution in [0.15, 0.2) is 69.8 Å². The largest absolute Gasteiger partial charge is 0.508 e. The predicted molar refractivity (Wildman–Crippen MR) is 117 cm³/mol. The smallest absolute Gasteiger partial charge is 0.338 e. The first-order chi connectivity index (χ1) is 13.9. The van der Waals surface area contributed by atoms with E-state index >= 15 is 0 Å². The molecule has 1 aromatic heterocycles. The minimum atomic E-state index is -0.536. The zero-order valence-corrected chi connectivity index (χ0v) is 18.1. The van der Waals surface area contributed by atoms with Gasteiger partial charge in [0, 0.05) is 6.42 Å². The first-order valence-electron chi connectivity index (χ1n) is 10.5. The Kier molecular flexibility index (Phi) is 9.04. The second-order valence-corrected chi connectivity index (χ2v) is 8.10. The van der Waals surface area contributed by atoms with Gasteiger partial charge in [0.2, 0.25) is 0 Å². The van der Waals surface area contributed by atoms with Crippen LogP contribution in [0.2, 0.25) is 0 Å². The number of aliphatic hydroxyl groups excluding tert-OH is 1. The third-order valence-corrected chi connectivity index (χ3v) is 5.30. The number of allylic oxidation sites excluding steroid dienone is 5. The summed E-state index contributed by atoms with van der Waals surface area (Å²) >= 11 is 0. The molecular formula is C25H34O4. The van der Waals surface area contributed by atoms with E-state index in [4.69, 9.17) is 9.15 Å². The molecule has 1 aliphatic rings. The van der Waals surface area contributed by atoms with Gasteiger partial charge in [0.05, 0.1) is 18.1 Å². The number of aryl methyl sites for hydroxylation is 1. The van der Waals surface area contributed by atoms with E-state index in [1.165, 1.54) is 11.1 Å². The van der Waals surface area contributed by atoms with Crippen molar-refractivity contribution in [2.75, 3.05) is 0 Å². The number of carbonyl (C=O) groups is 1. The Balaban J connectivity index is 1.66. The molecule has 0 aliphatic carbocycles. The molecule has 1 aromatic rings. The van der Waals surface area contributed by atoms with Crippen molar-refractivity contribution >= 4 is 5.97 Å². The maximum Gasteiger partial charge on any atom is 0.338 e. The first-order valence-corrected chi connectivity index (χ1v) is 10.5. The third-order valence-electron chi connectivity index (χ3n) is 5.30. The average molecular weight is 399 g/mol. The lowest BCUT2D eigenvalue weighted by molar-refractivity contribution is -0.140. The van der Waals surface area contributed by atoms with Gasteiger partial charge < -0.3 is 14.3 Å². The second kappa shape index (κ2) is 11.5. The van der Waals surface area contributed by atoms with Crippen LogP contribution in [0.4, 0.5) is 0 Å². The Labute approximate surface area is 174 Å². The predicted octanol–water partition coefficient (Wildman–Crippen LogP) is 6.61. The molecule has 0 saturated heterocycles. The summed E-state index contributed by atoms with van der Waals surface area (Å²) in [6, 6.07) is 2.03. The summed E-state index contributed by atoms with van der Waals surface area (Å²) in [6.45, 7) is 8.01. The van der Waals surface area contributed by atoms with E-state index in [2.05, 4.69) is 32.1 Å². The van der Waals surface area contributed by atoms with Gasteiger partial charge in [-0.2, -0.15) is 0 Å². The molecule has 2 unspecified atom stereocenters. The van der Waals surface area contributed by atoms with Crippen molar-refractivity contribution in [3.05, 3.63) is 70.9 Å². The van der Waals surface area contributed by atoms with E-state index in [1.807, 2.05) is 25.3 Å². The molecule has 2 atom stereocenters. The molecule has 4 nitrogen and oxygen atoms in total. The van der Waals surface area contributed by atoms with Crippen molar-refractivity contribution in [2.24, 2.45) is 5.92 Å². The van der Waals surface area contributed by atoms with Gasteiger partial charge in [-0.25, -0.2) is 4.79 Å². The molecule has 0 fully saturated rings. The average Bonchev–Trinajstić information content (AvgIpc) is 3.27. The highest BCUT2D eigenvalue weighted by Gasteiger charge is 2.31. The Bertz CT molecular complexity index is 778. The van der Waals surface area contributed by atoms with Gasteiger partial charge >= 0.3 is 5.97 Å². The van der Waals surface area contributed by atoms with Gasteiger partial charge in [-0.3, -0.25) is 0 Å². The molecule has 1 aliphatic heterocycles. The van der Waals surface area contributed by atoms with Crippen molar-refractivity contribution in [3.63, 3.8) is 0 Å². The first kappa shape index (κ1) is 22.8. The maximum atomic E-state index is 11.5. The molecular weight excluding hydrogens is 364 g/mol. The molecule has 4 heteroatoms. The summed E-state index contributed by atoms with van der Waals surface area (Å²) in [5.74, 6) is 0.134. The maximum absolute atomic E-state index is 11.5. The van der Waals surface area contributed by atoms with E-state index < -0.39 is 12.1 Å². The third kappa shape index (κ3) is 7.80. The summed E-state index contributed by atoms with van der Waals surface area (Å²) in [4.78, 5) is 11.5. The van der Waals surface area contributed by atoms with Gasteiger partial charge in [0.15, 0.2) is 6.10 Å². The number of hydrogen-bond acceptors (Lipinski definition) is 4. The molecule has 1 N–H and O–H groups in total. The normalized spacial score (nSPS) is 19.3. The topological polar surface area (TPSA) is 59.7 Å². The minimum absolute atomic E-state index is 0.0621.